The third-order valence-corrected chi connectivity index (χ3v) is 4.17. The van der Waals surface area contributed by atoms with Crippen molar-refractivity contribution >= 4 is 17.7 Å². The van der Waals surface area contributed by atoms with E-state index in [-0.39, 0.29) is 5.97 Å². The van der Waals surface area contributed by atoms with Gasteiger partial charge in [-0.15, -0.1) is 0 Å². The fraction of sp³-hybridized carbons (Fsp3) is 0.917. The monoisotopic (exact) mass is 247 g/mol. The predicted molar refractivity (Wildman–Crippen MR) is 70.9 cm³/mol. The number of rotatable bonds is 8. The van der Waals surface area contributed by atoms with Crippen LogP contribution in [0.4, 0.5) is 0 Å². The number of ether oxygens (including phenoxy) is 1. The Balaban J connectivity index is 4.37. The SMILES string of the molecule is CCNC(C)(CSC(C)CC)C(=O)OCC. The average molecular weight is 247 g/mol. The fourth-order valence-corrected chi connectivity index (χ4v) is 2.36. The van der Waals surface area contributed by atoms with E-state index < -0.39 is 5.54 Å². The van der Waals surface area contributed by atoms with Crippen LogP contribution in [0.5, 0.6) is 0 Å². The lowest BCUT2D eigenvalue weighted by atomic mass is 10.1. The molecule has 0 aromatic rings. The molecule has 0 amide bonds. The molecule has 2 unspecified atom stereocenters. The van der Waals surface area contributed by atoms with Gasteiger partial charge < -0.3 is 10.1 Å². The van der Waals surface area contributed by atoms with Gasteiger partial charge in [0.15, 0.2) is 0 Å². The third kappa shape index (κ3) is 5.21. The smallest absolute Gasteiger partial charge is 0.326 e. The molecule has 0 radical (unpaired) electrons. The minimum absolute atomic E-state index is 0.146. The van der Waals surface area contributed by atoms with Gasteiger partial charge in [0.05, 0.1) is 6.61 Å². The van der Waals surface area contributed by atoms with Crippen LogP contribution in [0.1, 0.15) is 41.0 Å². The molecule has 0 saturated heterocycles. The van der Waals surface area contributed by atoms with E-state index in [4.69, 9.17) is 4.74 Å². The molecule has 0 fully saturated rings. The number of nitrogens with one attached hydrogen (secondary N) is 1. The highest BCUT2D eigenvalue weighted by atomic mass is 32.2. The first-order chi connectivity index (χ1) is 7.50. The number of hydrogen-bond acceptors (Lipinski definition) is 4. The van der Waals surface area contributed by atoms with Crippen molar-refractivity contribution in [3.05, 3.63) is 0 Å². The number of carbonyl (C=O) groups excluding carboxylic acids is 1. The van der Waals surface area contributed by atoms with Crippen LogP contribution in [-0.2, 0) is 9.53 Å². The Kier molecular flexibility index (Phi) is 7.85. The van der Waals surface area contributed by atoms with E-state index in [0.717, 1.165) is 18.7 Å². The van der Waals surface area contributed by atoms with E-state index in [0.29, 0.717) is 11.9 Å². The number of likely N-dealkylation sites (N-methyl/N-ethyl adjacent to an activating group) is 1. The van der Waals surface area contributed by atoms with Gasteiger partial charge in [-0.05, 0) is 26.8 Å². The summed E-state index contributed by atoms with van der Waals surface area (Å²) in [6.45, 7) is 11.3. The van der Waals surface area contributed by atoms with E-state index in [9.17, 15) is 4.79 Å². The molecular formula is C12H25NO2S. The van der Waals surface area contributed by atoms with E-state index in [2.05, 4.69) is 19.2 Å². The highest BCUT2D eigenvalue weighted by molar-refractivity contribution is 7.99. The maximum Gasteiger partial charge on any atom is 0.326 e. The van der Waals surface area contributed by atoms with E-state index >= 15 is 0 Å². The summed E-state index contributed by atoms with van der Waals surface area (Å²) in [5.74, 6) is 0.613. The molecule has 0 aliphatic carbocycles. The maximum atomic E-state index is 11.9. The molecule has 0 bridgehead atoms. The quantitative estimate of drug-likeness (QED) is 0.669. The van der Waals surface area contributed by atoms with Gasteiger partial charge in [0.2, 0.25) is 0 Å². The third-order valence-electron chi connectivity index (χ3n) is 2.52. The second-order valence-electron chi connectivity index (χ2n) is 4.11. The molecule has 1 N–H and O–H groups in total. The largest absolute Gasteiger partial charge is 0.465 e. The first-order valence-corrected chi connectivity index (χ1v) is 7.08. The van der Waals surface area contributed by atoms with Crippen LogP contribution in [0.2, 0.25) is 0 Å². The summed E-state index contributed by atoms with van der Waals surface area (Å²) < 4.78 is 5.11. The molecule has 2 atom stereocenters. The topological polar surface area (TPSA) is 38.3 Å². The van der Waals surface area contributed by atoms with Crippen molar-refractivity contribution in [2.24, 2.45) is 0 Å². The Hall–Kier alpha value is -0.220. The van der Waals surface area contributed by atoms with Gasteiger partial charge in [0.25, 0.3) is 0 Å². The summed E-state index contributed by atoms with van der Waals surface area (Å²) in [7, 11) is 0. The normalized spacial score (nSPS) is 16.6. The van der Waals surface area contributed by atoms with Gasteiger partial charge in [-0.1, -0.05) is 20.8 Å². The van der Waals surface area contributed by atoms with Crippen LogP contribution < -0.4 is 5.32 Å². The lowest BCUT2D eigenvalue weighted by molar-refractivity contribution is -0.149. The highest BCUT2D eigenvalue weighted by Crippen LogP contribution is 2.21. The molecule has 0 rings (SSSR count). The van der Waals surface area contributed by atoms with Crippen molar-refractivity contribution in [1.82, 2.24) is 5.32 Å². The van der Waals surface area contributed by atoms with Gasteiger partial charge in [0, 0.05) is 11.0 Å². The molecule has 0 saturated carbocycles. The van der Waals surface area contributed by atoms with Crippen LogP contribution >= 0.6 is 11.8 Å². The van der Waals surface area contributed by atoms with Gasteiger partial charge in [-0.2, -0.15) is 11.8 Å². The van der Waals surface area contributed by atoms with Crippen LogP contribution in [0.25, 0.3) is 0 Å². The predicted octanol–water partition coefficient (Wildman–Crippen LogP) is 2.45. The van der Waals surface area contributed by atoms with Crippen molar-refractivity contribution < 1.29 is 9.53 Å². The summed E-state index contributed by atoms with van der Waals surface area (Å²) in [6.07, 6.45) is 1.12. The Morgan fingerprint density at radius 3 is 2.50 bits per heavy atom. The standard InChI is InChI=1S/C12H25NO2S/c1-6-10(4)16-9-12(5,13-7-2)11(14)15-8-3/h10,13H,6-9H2,1-5H3. The summed E-state index contributed by atoms with van der Waals surface area (Å²) >= 11 is 1.81. The number of carbonyl (C=O) groups is 1. The Labute approximate surface area is 104 Å². The van der Waals surface area contributed by atoms with Crippen molar-refractivity contribution in [2.45, 2.75) is 51.8 Å². The zero-order valence-corrected chi connectivity index (χ0v) is 11.9. The molecule has 16 heavy (non-hydrogen) atoms. The molecule has 4 heteroatoms. The summed E-state index contributed by atoms with van der Waals surface area (Å²) in [5, 5.41) is 3.80. The molecule has 0 heterocycles. The Morgan fingerprint density at radius 2 is 2.06 bits per heavy atom. The molecule has 0 aliphatic heterocycles. The fourth-order valence-electron chi connectivity index (χ4n) is 1.29. The number of esters is 1. The van der Waals surface area contributed by atoms with Gasteiger partial charge >= 0.3 is 5.97 Å². The molecule has 0 aromatic heterocycles. The van der Waals surface area contributed by atoms with E-state index in [1.165, 1.54) is 0 Å². The molecule has 96 valence electrons. The number of hydrogen-bond donors (Lipinski definition) is 1. The first-order valence-electron chi connectivity index (χ1n) is 6.04. The first kappa shape index (κ1) is 15.8. The molecular weight excluding hydrogens is 222 g/mol. The van der Waals surface area contributed by atoms with E-state index in [1.807, 2.05) is 32.5 Å². The molecule has 0 spiro atoms. The summed E-state index contributed by atoms with van der Waals surface area (Å²) in [4.78, 5) is 11.9. The summed E-state index contributed by atoms with van der Waals surface area (Å²) in [5.41, 5.74) is -0.557. The average Bonchev–Trinajstić information content (AvgIpc) is 2.26. The second-order valence-corrected chi connectivity index (χ2v) is 5.54. The van der Waals surface area contributed by atoms with Crippen LogP contribution in [0.15, 0.2) is 0 Å². The lowest BCUT2D eigenvalue weighted by Crippen LogP contribution is -2.52. The molecule has 0 aliphatic rings. The number of thioether (sulfide) groups is 1. The molecule has 0 aromatic carbocycles. The second kappa shape index (κ2) is 7.96. The van der Waals surface area contributed by atoms with Crippen LogP contribution in [-0.4, -0.2) is 35.7 Å². The minimum Gasteiger partial charge on any atom is -0.465 e. The highest BCUT2D eigenvalue weighted by Gasteiger charge is 2.34. The minimum atomic E-state index is -0.557. The zero-order chi connectivity index (χ0) is 12.6. The van der Waals surface area contributed by atoms with Gasteiger partial charge in [0.1, 0.15) is 5.54 Å². The van der Waals surface area contributed by atoms with Crippen molar-refractivity contribution in [3.63, 3.8) is 0 Å². The van der Waals surface area contributed by atoms with E-state index in [1.54, 1.807) is 0 Å². The van der Waals surface area contributed by atoms with Crippen molar-refractivity contribution in [1.29, 1.82) is 0 Å². The Morgan fingerprint density at radius 1 is 1.44 bits per heavy atom. The summed E-state index contributed by atoms with van der Waals surface area (Å²) in [6, 6.07) is 0. The molecule has 3 nitrogen and oxygen atoms in total. The van der Waals surface area contributed by atoms with Gasteiger partial charge in [-0.25, -0.2) is 0 Å². The van der Waals surface area contributed by atoms with Crippen LogP contribution in [0.3, 0.4) is 0 Å². The van der Waals surface area contributed by atoms with Crippen molar-refractivity contribution in [3.8, 4) is 0 Å². The van der Waals surface area contributed by atoms with Crippen molar-refractivity contribution in [2.75, 3.05) is 18.9 Å². The Bertz CT molecular complexity index is 211. The lowest BCUT2D eigenvalue weighted by Gasteiger charge is -2.28. The van der Waals surface area contributed by atoms with Gasteiger partial charge in [-0.3, -0.25) is 4.79 Å². The zero-order valence-electron chi connectivity index (χ0n) is 11.1. The maximum absolute atomic E-state index is 11.9. The van der Waals surface area contributed by atoms with Crippen LogP contribution in [0, 0.1) is 0 Å².